The van der Waals surface area contributed by atoms with E-state index in [4.69, 9.17) is 10.5 Å². The van der Waals surface area contributed by atoms with Gasteiger partial charge in [0.15, 0.2) is 0 Å². The van der Waals surface area contributed by atoms with Crippen molar-refractivity contribution in [3.05, 3.63) is 48.0 Å². The van der Waals surface area contributed by atoms with Crippen molar-refractivity contribution in [3.8, 4) is 5.75 Å². The molecule has 0 amide bonds. The molecule has 0 bridgehead atoms. The second-order valence-electron chi connectivity index (χ2n) is 4.13. The van der Waals surface area contributed by atoms with Gasteiger partial charge in [-0.05, 0) is 30.3 Å². The smallest absolute Gasteiger partial charge is 0.262 e. The Morgan fingerprint density at radius 3 is 2.38 bits per heavy atom. The van der Waals surface area contributed by atoms with Crippen LogP contribution in [0.1, 0.15) is 0 Å². The Morgan fingerprint density at radius 1 is 1.10 bits per heavy atom. The molecule has 0 aliphatic rings. The first-order valence-electron chi connectivity index (χ1n) is 5.75. The topological polar surface area (TPSA) is 81.4 Å². The second kappa shape index (κ2) is 5.57. The maximum absolute atomic E-state index is 13.6. The van der Waals surface area contributed by atoms with Gasteiger partial charge in [-0.2, -0.15) is 0 Å². The number of sulfonamides is 1. The number of nitrogens with two attached hydrogens (primary N) is 1. The Hall–Kier alpha value is -2.35. The quantitative estimate of drug-likeness (QED) is 0.849. The highest BCUT2D eigenvalue weighted by Crippen LogP contribution is 2.25. The van der Waals surface area contributed by atoms with Crippen molar-refractivity contribution in [3.63, 3.8) is 0 Å². The molecule has 0 unspecified atom stereocenters. The lowest BCUT2D eigenvalue weighted by atomic mass is 10.3. The monoisotopic (exact) mass is 314 g/mol. The number of rotatable bonds is 4. The first kappa shape index (κ1) is 15.0. The van der Waals surface area contributed by atoms with E-state index in [0.717, 1.165) is 24.3 Å². The fourth-order valence-electron chi connectivity index (χ4n) is 1.60. The highest BCUT2D eigenvalue weighted by atomic mass is 32.2. The van der Waals surface area contributed by atoms with E-state index in [1.807, 2.05) is 0 Å². The Kier molecular flexibility index (Phi) is 3.99. The summed E-state index contributed by atoms with van der Waals surface area (Å²) in [6.07, 6.45) is 0. The molecule has 2 rings (SSSR count). The SMILES string of the molecule is COc1ccc(F)c(NS(=O)(=O)c2ccc(F)c(N)c2)c1. The van der Waals surface area contributed by atoms with Crippen LogP contribution in [0.2, 0.25) is 0 Å². The number of hydrogen-bond acceptors (Lipinski definition) is 4. The summed E-state index contributed by atoms with van der Waals surface area (Å²) in [6, 6.07) is 6.52. The van der Waals surface area contributed by atoms with Gasteiger partial charge < -0.3 is 10.5 Å². The van der Waals surface area contributed by atoms with Crippen LogP contribution in [0.25, 0.3) is 0 Å². The molecule has 2 aromatic rings. The number of nitrogen functional groups attached to an aromatic ring is 1. The minimum Gasteiger partial charge on any atom is -0.497 e. The van der Waals surface area contributed by atoms with Crippen LogP contribution in [-0.2, 0) is 10.0 Å². The molecular formula is C13H12F2N2O3S. The molecule has 0 aromatic heterocycles. The van der Waals surface area contributed by atoms with E-state index in [1.54, 1.807) is 0 Å². The van der Waals surface area contributed by atoms with Crippen LogP contribution in [-0.4, -0.2) is 15.5 Å². The van der Waals surface area contributed by atoms with Gasteiger partial charge in [0.2, 0.25) is 0 Å². The molecule has 21 heavy (non-hydrogen) atoms. The zero-order valence-corrected chi connectivity index (χ0v) is 11.7. The molecule has 0 heterocycles. The summed E-state index contributed by atoms with van der Waals surface area (Å²) in [4.78, 5) is -0.274. The third-order valence-corrected chi connectivity index (χ3v) is 4.06. The summed E-state index contributed by atoms with van der Waals surface area (Å²) < 4.78 is 57.9. The molecule has 0 spiro atoms. The summed E-state index contributed by atoms with van der Waals surface area (Å²) in [6.45, 7) is 0. The minimum absolute atomic E-state index is 0.274. The van der Waals surface area contributed by atoms with Gasteiger partial charge in [-0.1, -0.05) is 0 Å². The second-order valence-corrected chi connectivity index (χ2v) is 5.82. The predicted molar refractivity (Wildman–Crippen MR) is 74.6 cm³/mol. The van der Waals surface area contributed by atoms with Crippen LogP contribution >= 0.6 is 0 Å². The first-order valence-corrected chi connectivity index (χ1v) is 7.23. The third-order valence-electron chi connectivity index (χ3n) is 2.70. The van der Waals surface area contributed by atoms with Crippen molar-refractivity contribution in [1.29, 1.82) is 0 Å². The van der Waals surface area contributed by atoms with E-state index in [2.05, 4.69) is 4.72 Å². The fraction of sp³-hybridized carbons (Fsp3) is 0.0769. The zero-order chi connectivity index (χ0) is 15.6. The summed E-state index contributed by atoms with van der Waals surface area (Å²) in [5.41, 5.74) is 4.73. The lowest BCUT2D eigenvalue weighted by Gasteiger charge is -2.11. The largest absolute Gasteiger partial charge is 0.497 e. The summed E-state index contributed by atoms with van der Waals surface area (Å²) >= 11 is 0. The van der Waals surface area contributed by atoms with E-state index < -0.39 is 21.7 Å². The van der Waals surface area contributed by atoms with Gasteiger partial charge in [-0.15, -0.1) is 0 Å². The van der Waals surface area contributed by atoms with Crippen molar-refractivity contribution in [1.82, 2.24) is 0 Å². The number of benzene rings is 2. The molecule has 112 valence electrons. The lowest BCUT2D eigenvalue weighted by Crippen LogP contribution is -2.14. The predicted octanol–water partition coefficient (Wildman–Crippen LogP) is 2.36. The number of anilines is 2. The lowest BCUT2D eigenvalue weighted by molar-refractivity contribution is 0.414. The third kappa shape index (κ3) is 3.22. The average molecular weight is 314 g/mol. The molecule has 8 heteroatoms. The normalized spacial score (nSPS) is 11.2. The number of nitrogens with one attached hydrogen (secondary N) is 1. The van der Waals surface area contributed by atoms with Crippen molar-refractivity contribution in [2.45, 2.75) is 4.90 Å². The van der Waals surface area contributed by atoms with E-state index in [1.165, 1.54) is 19.2 Å². The van der Waals surface area contributed by atoms with Gasteiger partial charge in [0, 0.05) is 6.07 Å². The molecule has 0 fully saturated rings. The maximum Gasteiger partial charge on any atom is 0.262 e. The van der Waals surface area contributed by atoms with Crippen LogP contribution in [0, 0.1) is 11.6 Å². The van der Waals surface area contributed by atoms with E-state index >= 15 is 0 Å². The Morgan fingerprint density at radius 2 is 1.76 bits per heavy atom. The standard InChI is InChI=1S/C13H12F2N2O3S/c1-20-8-2-4-11(15)13(6-8)17-21(18,19)9-3-5-10(14)12(16)7-9/h2-7,17H,16H2,1H3. The Bertz CT molecular complexity index is 779. The number of ether oxygens (including phenoxy) is 1. The molecule has 5 nitrogen and oxygen atoms in total. The molecule has 0 saturated heterocycles. The molecule has 0 aliphatic heterocycles. The van der Waals surface area contributed by atoms with Gasteiger partial charge in [0.1, 0.15) is 17.4 Å². The average Bonchev–Trinajstić information content (AvgIpc) is 2.44. The molecular weight excluding hydrogens is 302 g/mol. The first-order chi connectivity index (χ1) is 9.83. The van der Waals surface area contributed by atoms with Crippen LogP contribution in [0.3, 0.4) is 0 Å². The van der Waals surface area contributed by atoms with Gasteiger partial charge in [0.25, 0.3) is 10.0 Å². The number of halogens is 2. The summed E-state index contributed by atoms with van der Waals surface area (Å²) in [7, 11) is -2.73. The van der Waals surface area contributed by atoms with E-state index in [0.29, 0.717) is 0 Å². The highest BCUT2D eigenvalue weighted by Gasteiger charge is 2.18. The van der Waals surface area contributed by atoms with Crippen LogP contribution in [0.5, 0.6) is 5.75 Å². The van der Waals surface area contributed by atoms with Gasteiger partial charge >= 0.3 is 0 Å². The maximum atomic E-state index is 13.6. The van der Waals surface area contributed by atoms with Gasteiger partial charge in [-0.3, -0.25) is 4.72 Å². The van der Waals surface area contributed by atoms with Gasteiger partial charge in [0.05, 0.1) is 23.4 Å². The zero-order valence-electron chi connectivity index (χ0n) is 10.9. The van der Waals surface area contributed by atoms with E-state index in [-0.39, 0.29) is 22.0 Å². The van der Waals surface area contributed by atoms with E-state index in [9.17, 15) is 17.2 Å². The van der Waals surface area contributed by atoms with Crippen molar-refractivity contribution < 1.29 is 21.9 Å². The minimum atomic E-state index is -4.09. The summed E-state index contributed by atoms with van der Waals surface area (Å²) in [5.74, 6) is -1.22. The van der Waals surface area contributed by atoms with Crippen LogP contribution < -0.4 is 15.2 Å². The van der Waals surface area contributed by atoms with Crippen LogP contribution in [0.4, 0.5) is 20.2 Å². The fourth-order valence-corrected chi connectivity index (χ4v) is 2.70. The van der Waals surface area contributed by atoms with Gasteiger partial charge in [-0.25, -0.2) is 17.2 Å². The van der Waals surface area contributed by atoms with Crippen molar-refractivity contribution in [2.75, 3.05) is 17.6 Å². The Balaban J connectivity index is 2.39. The molecule has 0 atom stereocenters. The number of methoxy groups -OCH3 is 1. The number of hydrogen-bond donors (Lipinski definition) is 2. The summed E-state index contributed by atoms with van der Waals surface area (Å²) in [5, 5.41) is 0. The highest BCUT2D eigenvalue weighted by molar-refractivity contribution is 7.92. The van der Waals surface area contributed by atoms with Crippen molar-refractivity contribution >= 4 is 21.4 Å². The molecule has 0 radical (unpaired) electrons. The molecule has 0 saturated carbocycles. The van der Waals surface area contributed by atoms with Crippen LogP contribution in [0.15, 0.2) is 41.3 Å². The molecule has 3 N–H and O–H groups in total. The molecule has 2 aromatic carbocycles. The Labute approximate surface area is 120 Å². The van der Waals surface area contributed by atoms with Crippen molar-refractivity contribution in [2.24, 2.45) is 0 Å². The molecule has 0 aliphatic carbocycles.